The summed E-state index contributed by atoms with van der Waals surface area (Å²) < 4.78 is 0. The standard InChI is InChI=1S/C17H28N4O2/c1-20(2)14-17(23)21(12-8-4-7-11-16(18)22)19-13-15-9-5-3-6-10-15/h3,5-6,9-10,19H,4,7-8,11-14H2,1-2H3,(H2,18,22). The third kappa shape index (κ3) is 8.95. The average Bonchev–Trinajstić information content (AvgIpc) is 2.49. The van der Waals surface area contributed by atoms with E-state index in [4.69, 9.17) is 5.73 Å². The SMILES string of the molecule is CN(C)CC(=O)N(CCCCCC(N)=O)NCc1ccccc1. The molecule has 1 aromatic rings. The lowest BCUT2D eigenvalue weighted by molar-refractivity contribution is -0.135. The molecular formula is C17H28N4O2. The minimum Gasteiger partial charge on any atom is -0.370 e. The first-order valence-corrected chi connectivity index (χ1v) is 8.00. The third-order valence-corrected chi connectivity index (χ3v) is 3.37. The zero-order chi connectivity index (χ0) is 17.1. The highest BCUT2D eigenvalue weighted by atomic mass is 16.2. The quantitative estimate of drug-likeness (QED) is 0.473. The third-order valence-electron chi connectivity index (χ3n) is 3.37. The minimum atomic E-state index is -0.271. The van der Waals surface area contributed by atoms with Crippen LogP contribution in [0.1, 0.15) is 31.2 Å². The van der Waals surface area contributed by atoms with Crippen molar-refractivity contribution in [1.82, 2.24) is 15.3 Å². The first-order chi connectivity index (χ1) is 11.0. The number of nitrogens with zero attached hydrogens (tertiary/aromatic N) is 2. The summed E-state index contributed by atoms with van der Waals surface area (Å²) in [4.78, 5) is 24.9. The molecule has 0 heterocycles. The molecule has 0 unspecified atom stereocenters. The number of amides is 2. The summed E-state index contributed by atoms with van der Waals surface area (Å²) in [7, 11) is 3.75. The van der Waals surface area contributed by atoms with Gasteiger partial charge in [-0.1, -0.05) is 36.8 Å². The molecule has 0 aliphatic rings. The fourth-order valence-electron chi connectivity index (χ4n) is 2.18. The van der Waals surface area contributed by atoms with Crippen molar-refractivity contribution in [2.75, 3.05) is 27.2 Å². The van der Waals surface area contributed by atoms with Crippen molar-refractivity contribution in [1.29, 1.82) is 0 Å². The maximum Gasteiger partial charge on any atom is 0.250 e. The summed E-state index contributed by atoms with van der Waals surface area (Å²) in [5.41, 5.74) is 9.46. The Morgan fingerprint density at radius 1 is 1.09 bits per heavy atom. The number of nitrogens with one attached hydrogen (secondary N) is 1. The summed E-state index contributed by atoms with van der Waals surface area (Å²) in [6.45, 7) is 1.60. The van der Waals surface area contributed by atoms with Gasteiger partial charge in [-0.3, -0.25) is 14.6 Å². The van der Waals surface area contributed by atoms with E-state index in [9.17, 15) is 9.59 Å². The van der Waals surface area contributed by atoms with E-state index in [2.05, 4.69) is 5.43 Å². The van der Waals surface area contributed by atoms with E-state index in [0.717, 1.165) is 24.8 Å². The van der Waals surface area contributed by atoms with Gasteiger partial charge in [0, 0.05) is 19.5 Å². The van der Waals surface area contributed by atoms with Gasteiger partial charge >= 0.3 is 0 Å². The van der Waals surface area contributed by atoms with Crippen LogP contribution in [0.4, 0.5) is 0 Å². The van der Waals surface area contributed by atoms with Crippen LogP contribution in [0.5, 0.6) is 0 Å². The average molecular weight is 320 g/mol. The van der Waals surface area contributed by atoms with Gasteiger partial charge in [0.05, 0.1) is 6.54 Å². The molecule has 6 heteroatoms. The largest absolute Gasteiger partial charge is 0.370 e. The fraction of sp³-hybridized carbons (Fsp3) is 0.529. The number of primary amides is 1. The van der Waals surface area contributed by atoms with E-state index in [0.29, 0.717) is 26.1 Å². The predicted molar refractivity (Wildman–Crippen MR) is 91.2 cm³/mol. The van der Waals surface area contributed by atoms with E-state index >= 15 is 0 Å². The van der Waals surface area contributed by atoms with Crippen molar-refractivity contribution in [3.05, 3.63) is 35.9 Å². The Labute approximate surface area is 138 Å². The monoisotopic (exact) mass is 320 g/mol. The Bertz CT molecular complexity index is 477. The summed E-state index contributed by atoms with van der Waals surface area (Å²) in [6, 6.07) is 9.97. The van der Waals surface area contributed by atoms with Gasteiger partial charge in [-0.25, -0.2) is 5.43 Å². The van der Waals surface area contributed by atoms with Crippen LogP contribution >= 0.6 is 0 Å². The predicted octanol–water partition coefficient (Wildman–Crippen LogP) is 1.13. The van der Waals surface area contributed by atoms with Gasteiger partial charge in [0.1, 0.15) is 0 Å². The van der Waals surface area contributed by atoms with E-state index < -0.39 is 0 Å². The molecule has 0 aliphatic heterocycles. The van der Waals surface area contributed by atoms with Gasteiger partial charge in [-0.05, 0) is 32.5 Å². The Morgan fingerprint density at radius 3 is 2.39 bits per heavy atom. The minimum absolute atomic E-state index is 0.0424. The van der Waals surface area contributed by atoms with Gasteiger partial charge < -0.3 is 10.6 Å². The van der Waals surface area contributed by atoms with Crippen LogP contribution in [0.25, 0.3) is 0 Å². The molecule has 6 nitrogen and oxygen atoms in total. The second-order valence-electron chi connectivity index (χ2n) is 5.88. The van der Waals surface area contributed by atoms with Crippen molar-refractivity contribution in [3.63, 3.8) is 0 Å². The number of hydrazine groups is 1. The van der Waals surface area contributed by atoms with Crippen molar-refractivity contribution >= 4 is 11.8 Å². The van der Waals surface area contributed by atoms with Crippen LogP contribution in [0.15, 0.2) is 30.3 Å². The summed E-state index contributed by atoms with van der Waals surface area (Å²) in [5, 5.41) is 1.68. The number of nitrogens with two attached hydrogens (primary N) is 1. The molecule has 0 saturated carbocycles. The first kappa shape index (κ1) is 19.1. The summed E-state index contributed by atoms with van der Waals surface area (Å²) in [6.07, 6.45) is 2.89. The van der Waals surface area contributed by atoms with Gasteiger partial charge in [-0.15, -0.1) is 0 Å². The molecule has 128 valence electrons. The van der Waals surface area contributed by atoms with Crippen LogP contribution in [-0.4, -0.2) is 48.9 Å². The molecule has 1 aromatic carbocycles. The van der Waals surface area contributed by atoms with E-state index in [1.54, 1.807) is 5.01 Å². The van der Waals surface area contributed by atoms with Gasteiger partial charge in [-0.2, -0.15) is 0 Å². The number of unbranched alkanes of at least 4 members (excludes halogenated alkanes) is 2. The molecule has 3 N–H and O–H groups in total. The maximum absolute atomic E-state index is 12.3. The Morgan fingerprint density at radius 2 is 1.78 bits per heavy atom. The van der Waals surface area contributed by atoms with Crippen molar-refractivity contribution in [3.8, 4) is 0 Å². The van der Waals surface area contributed by atoms with Crippen LogP contribution in [0.2, 0.25) is 0 Å². The normalized spacial score (nSPS) is 10.7. The second-order valence-corrected chi connectivity index (χ2v) is 5.88. The summed E-state index contributed by atoms with van der Waals surface area (Å²) >= 11 is 0. The molecule has 1 rings (SSSR count). The number of hydrogen-bond acceptors (Lipinski definition) is 4. The lowest BCUT2D eigenvalue weighted by Gasteiger charge is -2.25. The smallest absolute Gasteiger partial charge is 0.250 e. The lowest BCUT2D eigenvalue weighted by atomic mass is 10.2. The molecule has 0 radical (unpaired) electrons. The first-order valence-electron chi connectivity index (χ1n) is 8.00. The molecule has 23 heavy (non-hydrogen) atoms. The van der Waals surface area contributed by atoms with E-state index in [1.807, 2.05) is 49.3 Å². The number of likely N-dealkylation sites (N-methyl/N-ethyl adjacent to an activating group) is 1. The molecule has 0 atom stereocenters. The van der Waals surface area contributed by atoms with Gasteiger partial charge in [0.2, 0.25) is 5.91 Å². The Balaban J connectivity index is 2.44. The van der Waals surface area contributed by atoms with E-state index in [-0.39, 0.29) is 11.8 Å². The Hall–Kier alpha value is -1.92. The second kappa shape index (κ2) is 10.7. The van der Waals surface area contributed by atoms with Crippen LogP contribution in [-0.2, 0) is 16.1 Å². The maximum atomic E-state index is 12.3. The number of carbonyl (C=O) groups excluding carboxylic acids is 2. The Kier molecular flexibility index (Phi) is 8.94. The summed E-state index contributed by atoms with van der Waals surface area (Å²) in [5.74, 6) is -0.228. The molecular weight excluding hydrogens is 292 g/mol. The highest BCUT2D eigenvalue weighted by Gasteiger charge is 2.13. The van der Waals surface area contributed by atoms with Crippen LogP contribution in [0.3, 0.4) is 0 Å². The van der Waals surface area contributed by atoms with Gasteiger partial charge in [0.15, 0.2) is 0 Å². The van der Waals surface area contributed by atoms with Crippen molar-refractivity contribution < 1.29 is 9.59 Å². The van der Waals surface area contributed by atoms with Crippen molar-refractivity contribution in [2.24, 2.45) is 5.73 Å². The topological polar surface area (TPSA) is 78.7 Å². The van der Waals surface area contributed by atoms with Crippen LogP contribution < -0.4 is 11.2 Å². The number of rotatable bonds is 11. The highest BCUT2D eigenvalue weighted by molar-refractivity contribution is 5.77. The molecule has 2 amide bonds. The molecule has 0 aliphatic carbocycles. The molecule has 0 saturated heterocycles. The molecule has 0 fully saturated rings. The van der Waals surface area contributed by atoms with E-state index in [1.165, 1.54) is 0 Å². The zero-order valence-electron chi connectivity index (χ0n) is 14.1. The van der Waals surface area contributed by atoms with Crippen molar-refractivity contribution in [2.45, 2.75) is 32.2 Å². The number of benzene rings is 1. The van der Waals surface area contributed by atoms with Gasteiger partial charge in [0.25, 0.3) is 5.91 Å². The fourth-order valence-corrected chi connectivity index (χ4v) is 2.18. The number of hydrogen-bond donors (Lipinski definition) is 2. The zero-order valence-corrected chi connectivity index (χ0v) is 14.1. The number of carbonyl (C=O) groups is 2. The molecule has 0 bridgehead atoms. The molecule has 0 spiro atoms. The highest BCUT2D eigenvalue weighted by Crippen LogP contribution is 2.03. The lowest BCUT2D eigenvalue weighted by Crippen LogP contribution is -2.46. The van der Waals surface area contributed by atoms with Crippen LogP contribution in [0, 0.1) is 0 Å². The molecule has 0 aromatic heterocycles.